The summed E-state index contributed by atoms with van der Waals surface area (Å²) in [5, 5.41) is 3.03. The van der Waals surface area contributed by atoms with E-state index in [2.05, 4.69) is 15.0 Å². The van der Waals surface area contributed by atoms with Gasteiger partial charge in [0.2, 0.25) is 5.91 Å². The van der Waals surface area contributed by atoms with E-state index < -0.39 is 23.6 Å². The van der Waals surface area contributed by atoms with Crippen molar-refractivity contribution in [1.82, 2.24) is 9.55 Å². The number of carbonyl (C=O) groups is 1. The molecule has 1 N–H and O–H groups in total. The van der Waals surface area contributed by atoms with Gasteiger partial charge in [-0.2, -0.15) is 0 Å². The van der Waals surface area contributed by atoms with E-state index in [4.69, 9.17) is 11.6 Å². The molecule has 0 saturated carbocycles. The van der Waals surface area contributed by atoms with Gasteiger partial charge >= 0.3 is 6.36 Å². The van der Waals surface area contributed by atoms with Crippen molar-refractivity contribution in [3.8, 4) is 17.0 Å². The lowest BCUT2D eigenvalue weighted by molar-refractivity contribution is -0.274. The van der Waals surface area contributed by atoms with Crippen LogP contribution >= 0.6 is 11.6 Å². The third kappa shape index (κ3) is 5.82. The standard InChI is InChI=1S/C19H13ClF3N3O3/c20-13-3-1-12(2-4-13)16-9-18(28)26(11-24-16)10-17(27)25-14-5-7-15(8-6-14)29-19(21,22)23/h1-9,11H,10H2,(H,25,27). The first-order valence-electron chi connectivity index (χ1n) is 8.18. The molecule has 0 spiro atoms. The number of hydrogen-bond acceptors (Lipinski definition) is 4. The number of halogens is 4. The summed E-state index contributed by atoms with van der Waals surface area (Å²) in [7, 11) is 0. The minimum Gasteiger partial charge on any atom is -0.406 e. The fourth-order valence-corrected chi connectivity index (χ4v) is 2.54. The third-order valence-electron chi connectivity index (χ3n) is 3.71. The van der Waals surface area contributed by atoms with E-state index in [9.17, 15) is 22.8 Å². The van der Waals surface area contributed by atoms with Gasteiger partial charge < -0.3 is 10.1 Å². The molecule has 3 rings (SSSR count). The number of benzene rings is 2. The lowest BCUT2D eigenvalue weighted by atomic mass is 10.1. The van der Waals surface area contributed by atoms with E-state index in [1.54, 1.807) is 24.3 Å². The van der Waals surface area contributed by atoms with Crippen molar-refractivity contribution in [1.29, 1.82) is 0 Å². The van der Waals surface area contributed by atoms with Crippen LogP contribution in [0.15, 0.2) is 65.7 Å². The van der Waals surface area contributed by atoms with Gasteiger partial charge in [-0.1, -0.05) is 23.7 Å². The highest BCUT2D eigenvalue weighted by atomic mass is 35.5. The van der Waals surface area contributed by atoms with E-state index in [0.29, 0.717) is 16.3 Å². The van der Waals surface area contributed by atoms with Crippen molar-refractivity contribution in [3.05, 3.63) is 76.3 Å². The van der Waals surface area contributed by atoms with Crippen molar-refractivity contribution < 1.29 is 22.7 Å². The molecule has 3 aromatic rings. The summed E-state index contributed by atoms with van der Waals surface area (Å²) in [6.07, 6.45) is -3.55. The third-order valence-corrected chi connectivity index (χ3v) is 3.96. The van der Waals surface area contributed by atoms with Gasteiger partial charge in [0.15, 0.2) is 0 Å². The van der Waals surface area contributed by atoms with Crippen LogP contribution in [0.2, 0.25) is 5.02 Å². The number of ether oxygens (including phenoxy) is 1. The molecule has 0 fully saturated rings. The van der Waals surface area contributed by atoms with Crippen LogP contribution in [0, 0.1) is 0 Å². The molecule has 6 nitrogen and oxygen atoms in total. The zero-order valence-corrected chi connectivity index (χ0v) is 15.4. The Labute approximate surface area is 167 Å². The van der Waals surface area contributed by atoms with Gasteiger partial charge in [-0.05, 0) is 36.4 Å². The number of alkyl halides is 3. The molecule has 2 aromatic carbocycles. The Kier molecular flexibility index (Phi) is 5.88. The lowest BCUT2D eigenvalue weighted by Gasteiger charge is -2.10. The number of rotatable bonds is 5. The van der Waals surface area contributed by atoms with E-state index in [1.807, 2.05) is 0 Å². The predicted octanol–water partition coefficient (Wildman–Crippen LogP) is 4.10. The molecule has 0 aliphatic rings. The molecule has 0 saturated heterocycles. The number of anilines is 1. The minimum absolute atomic E-state index is 0.253. The molecule has 0 bridgehead atoms. The van der Waals surface area contributed by atoms with Crippen LogP contribution < -0.4 is 15.6 Å². The molecule has 0 unspecified atom stereocenters. The van der Waals surface area contributed by atoms with Crippen LogP contribution in [0.5, 0.6) is 5.75 Å². The second kappa shape index (κ2) is 8.36. The molecule has 1 amide bonds. The Morgan fingerprint density at radius 1 is 1.10 bits per heavy atom. The monoisotopic (exact) mass is 423 g/mol. The lowest BCUT2D eigenvalue weighted by Crippen LogP contribution is -2.27. The molecular formula is C19H13ClF3N3O3. The van der Waals surface area contributed by atoms with E-state index in [1.165, 1.54) is 24.5 Å². The number of hydrogen-bond donors (Lipinski definition) is 1. The summed E-state index contributed by atoms with van der Waals surface area (Å²) in [5.74, 6) is -0.952. The average molecular weight is 424 g/mol. The number of carbonyl (C=O) groups excluding carboxylic acids is 1. The molecule has 150 valence electrons. The van der Waals surface area contributed by atoms with Crippen LogP contribution in [0.3, 0.4) is 0 Å². The Balaban J connectivity index is 1.64. The number of nitrogens with zero attached hydrogens (tertiary/aromatic N) is 2. The van der Waals surface area contributed by atoms with Gasteiger partial charge in [-0.3, -0.25) is 14.2 Å². The highest BCUT2D eigenvalue weighted by Crippen LogP contribution is 2.24. The fourth-order valence-electron chi connectivity index (χ4n) is 2.42. The normalized spacial score (nSPS) is 11.2. The van der Waals surface area contributed by atoms with Gasteiger partial charge in [-0.15, -0.1) is 13.2 Å². The minimum atomic E-state index is -4.79. The van der Waals surface area contributed by atoms with Gasteiger partial charge in [0, 0.05) is 22.3 Å². The highest BCUT2D eigenvalue weighted by Gasteiger charge is 2.30. The zero-order valence-electron chi connectivity index (χ0n) is 14.6. The second-order valence-electron chi connectivity index (χ2n) is 5.87. The van der Waals surface area contributed by atoms with Crippen LogP contribution in [0.4, 0.5) is 18.9 Å². The highest BCUT2D eigenvalue weighted by molar-refractivity contribution is 6.30. The summed E-state index contributed by atoms with van der Waals surface area (Å²) in [6.45, 7) is -0.312. The largest absolute Gasteiger partial charge is 0.573 e. The average Bonchev–Trinajstić information content (AvgIpc) is 2.64. The topological polar surface area (TPSA) is 73.2 Å². The molecule has 29 heavy (non-hydrogen) atoms. The molecular weight excluding hydrogens is 411 g/mol. The predicted molar refractivity (Wildman–Crippen MR) is 101 cm³/mol. The SMILES string of the molecule is O=C(Cn1cnc(-c2ccc(Cl)cc2)cc1=O)Nc1ccc(OC(F)(F)F)cc1. The van der Waals surface area contributed by atoms with Crippen LogP contribution in [-0.4, -0.2) is 21.8 Å². The van der Waals surface area contributed by atoms with Crippen molar-refractivity contribution in [2.45, 2.75) is 12.9 Å². The van der Waals surface area contributed by atoms with Crippen molar-refractivity contribution in [2.24, 2.45) is 0 Å². The quantitative estimate of drug-likeness (QED) is 0.670. The Morgan fingerprint density at radius 3 is 2.34 bits per heavy atom. The molecule has 0 atom stereocenters. The Bertz CT molecular complexity index is 1070. The summed E-state index contributed by atoms with van der Waals surface area (Å²) in [6, 6.07) is 12.7. The first-order valence-corrected chi connectivity index (χ1v) is 8.55. The van der Waals surface area contributed by atoms with Gasteiger partial charge in [0.1, 0.15) is 12.3 Å². The Hall–Kier alpha value is -3.33. The van der Waals surface area contributed by atoms with Gasteiger partial charge in [0.25, 0.3) is 5.56 Å². The van der Waals surface area contributed by atoms with Crippen LogP contribution in [-0.2, 0) is 11.3 Å². The van der Waals surface area contributed by atoms with Crippen molar-refractivity contribution in [3.63, 3.8) is 0 Å². The Morgan fingerprint density at radius 2 is 1.76 bits per heavy atom. The maximum absolute atomic E-state index is 12.2. The van der Waals surface area contributed by atoms with Gasteiger partial charge in [-0.25, -0.2) is 4.98 Å². The molecule has 0 radical (unpaired) electrons. The maximum atomic E-state index is 12.2. The summed E-state index contributed by atoms with van der Waals surface area (Å²) in [5.41, 5.74) is 0.949. The molecule has 10 heteroatoms. The summed E-state index contributed by atoms with van der Waals surface area (Å²) >= 11 is 5.83. The number of aromatic nitrogens is 2. The van der Waals surface area contributed by atoms with Crippen LogP contribution in [0.1, 0.15) is 0 Å². The van der Waals surface area contributed by atoms with E-state index >= 15 is 0 Å². The molecule has 0 aliphatic carbocycles. The van der Waals surface area contributed by atoms with Crippen molar-refractivity contribution >= 4 is 23.2 Å². The number of amides is 1. The maximum Gasteiger partial charge on any atom is 0.573 e. The van der Waals surface area contributed by atoms with E-state index in [0.717, 1.165) is 16.7 Å². The summed E-state index contributed by atoms with van der Waals surface area (Å²) in [4.78, 5) is 28.5. The van der Waals surface area contributed by atoms with E-state index in [-0.39, 0.29) is 12.2 Å². The molecule has 1 aromatic heterocycles. The first kappa shape index (κ1) is 20.4. The van der Waals surface area contributed by atoms with Crippen LogP contribution in [0.25, 0.3) is 11.3 Å². The van der Waals surface area contributed by atoms with Crippen molar-refractivity contribution in [2.75, 3.05) is 5.32 Å². The summed E-state index contributed by atoms with van der Waals surface area (Å²) < 4.78 is 41.3. The molecule has 0 aliphatic heterocycles. The first-order chi connectivity index (χ1) is 13.7. The fraction of sp³-hybridized carbons (Fsp3) is 0.105. The second-order valence-corrected chi connectivity index (χ2v) is 6.30. The molecule has 1 heterocycles. The smallest absolute Gasteiger partial charge is 0.406 e. The zero-order chi connectivity index (χ0) is 21.0. The van der Waals surface area contributed by atoms with Gasteiger partial charge in [0.05, 0.1) is 12.0 Å². The number of nitrogens with one attached hydrogen (secondary N) is 1.